The number of anilines is 2. The van der Waals surface area contributed by atoms with Crippen molar-refractivity contribution in [2.45, 2.75) is 13.8 Å². The third-order valence-corrected chi connectivity index (χ3v) is 2.96. The predicted octanol–water partition coefficient (Wildman–Crippen LogP) is 3.53. The maximum Gasteiger partial charge on any atom is 0.0745 e. The van der Waals surface area contributed by atoms with E-state index in [9.17, 15) is 0 Å². The van der Waals surface area contributed by atoms with Gasteiger partial charge in [-0.1, -0.05) is 11.6 Å². The predicted molar refractivity (Wildman–Crippen MR) is 67.1 cm³/mol. The molecule has 0 saturated carbocycles. The number of benzene rings is 1. The first-order chi connectivity index (χ1) is 6.60. The number of hydrogen-bond acceptors (Lipinski definition) is 2. The van der Waals surface area contributed by atoms with Crippen LogP contribution in [0.5, 0.6) is 0 Å². The maximum atomic E-state index is 5.92. The summed E-state index contributed by atoms with van der Waals surface area (Å²) in [5.41, 5.74) is 7.66. The van der Waals surface area contributed by atoms with Gasteiger partial charge in [0, 0.05) is 22.6 Å². The van der Waals surface area contributed by atoms with Crippen molar-refractivity contribution in [2.24, 2.45) is 0 Å². The van der Waals surface area contributed by atoms with Crippen molar-refractivity contribution in [1.29, 1.82) is 0 Å². The first-order valence-corrected chi connectivity index (χ1v) is 5.76. The number of hydrogen-bond donors (Lipinski definition) is 1. The molecule has 0 heterocycles. The monoisotopic (exact) mass is 276 g/mol. The van der Waals surface area contributed by atoms with Crippen LogP contribution in [0.4, 0.5) is 11.4 Å². The van der Waals surface area contributed by atoms with E-state index in [4.69, 9.17) is 17.3 Å². The largest absolute Gasteiger partial charge is 0.397 e. The Hall–Kier alpha value is -0.410. The molecule has 4 heteroatoms. The molecule has 0 bridgehead atoms. The molecule has 1 aromatic carbocycles. The lowest BCUT2D eigenvalue weighted by atomic mass is 10.2. The first-order valence-electron chi connectivity index (χ1n) is 4.59. The second-order valence-electron chi connectivity index (χ2n) is 3.00. The Bertz CT molecular complexity index is 301. The molecule has 0 saturated heterocycles. The summed E-state index contributed by atoms with van der Waals surface area (Å²) in [5.74, 6) is 0. The number of nitrogen functional groups attached to an aromatic ring is 1. The van der Waals surface area contributed by atoms with Crippen molar-refractivity contribution in [1.82, 2.24) is 0 Å². The van der Waals surface area contributed by atoms with Crippen LogP contribution in [0.15, 0.2) is 16.6 Å². The zero-order valence-corrected chi connectivity index (χ0v) is 10.7. The molecule has 0 radical (unpaired) electrons. The number of nitrogens with two attached hydrogens (primary N) is 1. The Labute approximate surface area is 98.2 Å². The van der Waals surface area contributed by atoms with E-state index in [-0.39, 0.29) is 0 Å². The van der Waals surface area contributed by atoms with Gasteiger partial charge in [-0.2, -0.15) is 0 Å². The highest BCUT2D eigenvalue weighted by Gasteiger charge is 2.11. The molecule has 2 nitrogen and oxygen atoms in total. The van der Waals surface area contributed by atoms with Gasteiger partial charge in [0.15, 0.2) is 0 Å². The highest BCUT2D eigenvalue weighted by molar-refractivity contribution is 9.10. The lowest BCUT2D eigenvalue weighted by molar-refractivity contribution is 0.865. The minimum absolute atomic E-state index is 0.658. The standard InChI is InChI=1S/C10H14BrClN2/c1-3-14(4-2)10-8(11)5-7(12)6-9(10)13/h5-6H,3-4,13H2,1-2H3. The van der Waals surface area contributed by atoms with Crippen molar-refractivity contribution < 1.29 is 0 Å². The van der Waals surface area contributed by atoms with Crippen LogP contribution in [0.25, 0.3) is 0 Å². The summed E-state index contributed by atoms with van der Waals surface area (Å²) in [6, 6.07) is 3.64. The number of rotatable bonds is 3. The average Bonchev–Trinajstić information content (AvgIpc) is 2.10. The third kappa shape index (κ3) is 2.34. The Morgan fingerprint density at radius 2 is 1.93 bits per heavy atom. The molecule has 1 aromatic rings. The molecule has 0 fully saturated rings. The normalized spacial score (nSPS) is 10.3. The zero-order chi connectivity index (χ0) is 10.7. The van der Waals surface area contributed by atoms with E-state index in [1.165, 1.54) is 0 Å². The second-order valence-corrected chi connectivity index (χ2v) is 4.29. The van der Waals surface area contributed by atoms with Gasteiger partial charge in [0.25, 0.3) is 0 Å². The average molecular weight is 278 g/mol. The van der Waals surface area contributed by atoms with Crippen LogP contribution < -0.4 is 10.6 Å². The summed E-state index contributed by atoms with van der Waals surface area (Å²) >= 11 is 9.36. The van der Waals surface area contributed by atoms with Gasteiger partial charge in [0.2, 0.25) is 0 Å². The van der Waals surface area contributed by atoms with E-state index in [0.717, 1.165) is 23.2 Å². The van der Waals surface area contributed by atoms with Gasteiger partial charge in [-0.05, 0) is 41.9 Å². The Balaban J connectivity index is 3.19. The van der Waals surface area contributed by atoms with E-state index >= 15 is 0 Å². The molecule has 2 N–H and O–H groups in total. The fraction of sp³-hybridized carbons (Fsp3) is 0.400. The SMILES string of the molecule is CCN(CC)c1c(N)cc(Cl)cc1Br. The highest BCUT2D eigenvalue weighted by Crippen LogP contribution is 2.35. The van der Waals surface area contributed by atoms with Crippen molar-refractivity contribution in [3.05, 3.63) is 21.6 Å². The molecule has 0 atom stereocenters. The molecule has 0 aromatic heterocycles. The molecule has 0 amide bonds. The third-order valence-electron chi connectivity index (χ3n) is 2.14. The highest BCUT2D eigenvalue weighted by atomic mass is 79.9. The van der Waals surface area contributed by atoms with Gasteiger partial charge in [0.1, 0.15) is 0 Å². The Kier molecular flexibility index (Phi) is 4.08. The van der Waals surface area contributed by atoms with Crippen LogP contribution in [-0.2, 0) is 0 Å². The summed E-state index contributed by atoms with van der Waals surface area (Å²) in [6.07, 6.45) is 0. The molecule has 0 aliphatic carbocycles. The minimum Gasteiger partial charge on any atom is -0.397 e. The van der Waals surface area contributed by atoms with E-state index in [0.29, 0.717) is 10.7 Å². The van der Waals surface area contributed by atoms with Crippen LogP contribution in [0.1, 0.15) is 13.8 Å². The Morgan fingerprint density at radius 1 is 1.36 bits per heavy atom. The van der Waals surface area contributed by atoms with Gasteiger partial charge in [0.05, 0.1) is 11.4 Å². The molecular formula is C10H14BrClN2. The summed E-state index contributed by atoms with van der Waals surface area (Å²) in [7, 11) is 0. The van der Waals surface area contributed by atoms with Crippen molar-refractivity contribution in [2.75, 3.05) is 23.7 Å². The minimum atomic E-state index is 0.658. The van der Waals surface area contributed by atoms with E-state index < -0.39 is 0 Å². The first kappa shape index (κ1) is 11.7. The van der Waals surface area contributed by atoms with Crippen LogP contribution in [0.3, 0.4) is 0 Å². The van der Waals surface area contributed by atoms with Gasteiger partial charge in [-0.3, -0.25) is 0 Å². The Morgan fingerprint density at radius 3 is 2.36 bits per heavy atom. The van der Waals surface area contributed by atoms with Crippen molar-refractivity contribution in [3.63, 3.8) is 0 Å². The van der Waals surface area contributed by atoms with Gasteiger partial charge in [-0.25, -0.2) is 0 Å². The van der Waals surface area contributed by atoms with Gasteiger partial charge in [-0.15, -0.1) is 0 Å². The molecule has 1 rings (SSSR count). The molecule has 0 aliphatic rings. The van der Waals surface area contributed by atoms with Crippen LogP contribution >= 0.6 is 27.5 Å². The zero-order valence-electron chi connectivity index (χ0n) is 8.35. The molecular weight excluding hydrogens is 263 g/mol. The topological polar surface area (TPSA) is 29.3 Å². The van der Waals surface area contributed by atoms with Gasteiger partial charge < -0.3 is 10.6 Å². The summed E-state index contributed by atoms with van der Waals surface area (Å²) < 4.78 is 0.950. The number of nitrogens with zero attached hydrogens (tertiary/aromatic N) is 1. The molecule has 78 valence electrons. The molecule has 0 unspecified atom stereocenters. The lowest BCUT2D eigenvalue weighted by Crippen LogP contribution is -2.23. The van der Waals surface area contributed by atoms with E-state index in [1.54, 1.807) is 6.07 Å². The summed E-state index contributed by atoms with van der Waals surface area (Å²) in [6.45, 7) is 6.07. The molecule has 0 aliphatic heterocycles. The van der Waals surface area contributed by atoms with Crippen LogP contribution in [-0.4, -0.2) is 13.1 Å². The summed E-state index contributed by atoms with van der Waals surface area (Å²) in [5, 5.41) is 0.658. The molecule has 0 spiro atoms. The maximum absolute atomic E-state index is 5.92. The number of halogens is 2. The second kappa shape index (κ2) is 4.89. The summed E-state index contributed by atoms with van der Waals surface area (Å²) in [4.78, 5) is 2.19. The quantitative estimate of drug-likeness (QED) is 0.857. The van der Waals surface area contributed by atoms with Crippen LogP contribution in [0.2, 0.25) is 5.02 Å². The lowest BCUT2D eigenvalue weighted by Gasteiger charge is -2.24. The van der Waals surface area contributed by atoms with E-state index in [1.807, 2.05) is 6.07 Å². The van der Waals surface area contributed by atoms with Crippen LogP contribution in [0, 0.1) is 0 Å². The smallest absolute Gasteiger partial charge is 0.0745 e. The van der Waals surface area contributed by atoms with Crippen molar-refractivity contribution in [3.8, 4) is 0 Å². The molecule has 14 heavy (non-hydrogen) atoms. The van der Waals surface area contributed by atoms with E-state index in [2.05, 4.69) is 34.7 Å². The van der Waals surface area contributed by atoms with Crippen molar-refractivity contribution >= 4 is 38.9 Å². The fourth-order valence-corrected chi connectivity index (χ4v) is 2.54. The fourth-order valence-electron chi connectivity index (χ4n) is 1.46. The van der Waals surface area contributed by atoms with Gasteiger partial charge >= 0.3 is 0 Å².